The molecular formula is C28H32N4O. The number of fused-ring (bicyclic) bond motifs is 2. The molecule has 1 amide bonds. The van der Waals surface area contributed by atoms with Crippen LogP contribution in [0.25, 0.3) is 21.9 Å². The third-order valence-corrected chi connectivity index (χ3v) is 7.96. The minimum absolute atomic E-state index is 0.0267. The van der Waals surface area contributed by atoms with E-state index < -0.39 is 0 Å². The van der Waals surface area contributed by atoms with Gasteiger partial charge in [-0.25, -0.2) is 0 Å². The molecular weight excluding hydrogens is 408 g/mol. The number of hydrogen-bond acceptors (Lipinski definition) is 4. The number of carbonyl (C=O) groups excluding carboxylic acids is 1. The molecule has 3 aromatic rings. The van der Waals surface area contributed by atoms with Crippen molar-refractivity contribution in [1.29, 1.82) is 0 Å². The van der Waals surface area contributed by atoms with Crippen LogP contribution in [0.5, 0.6) is 0 Å². The van der Waals surface area contributed by atoms with E-state index in [1.54, 1.807) is 0 Å². The minimum atomic E-state index is 0.0267. The number of carbonyl (C=O) groups is 1. The molecule has 2 atom stereocenters. The van der Waals surface area contributed by atoms with Crippen molar-refractivity contribution in [3.05, 3.63) is 53.7 Å². The lowest BCUT2D eigenvalue weighted by Crippen LogP contribution is -2.42. The lowest BCUT2D eigenvalue weighted by Gasteiger charge is -2.41. The molecule has 0 unspecified atom stereocenters. The fourth-order valence-corrected chi connectivity index (χ4v) is 5.84. The Morgan fingerprint density at radius 2 is 1.85 bits per heavy atom. The number of rotatable bonds is 4. The number of nitrogens with zero attached hydrogens (tertiary/aromatic N) is 3. The summed E-state index contributed by atoms with van der Waals surface area (Å²) >= 11 is 0. The molecule has 3 fully saturated rings. The fraction of sp³-hybridized carbons (Fsp3) is 0.464. The molecule has 1 N–H and O–H groups in total. The fourth-order valence-electron chi connectivity index (χ4n) is 5.84. The number of piperidine rings is 1. The quantitative estimate of drug-likeness (QED) is 0.581. The van der Waals surface area contributed by atoms with Crippen LogP contribution in [0.4, 0.5) is 5.82 Å². The summed E-state index contributed by atoms with van der Waals surface area (Å²) in [5.74, 6) is 2.75. The van der Waals surface area contributed by atoms with E-state index in [9.17, 15) is 4.79 Å². The van der Waals surface area contributed by atoms with Gasteiger partial charge in [-0.05, 0) is 85.4 Å². The molecule has 1 aromatic heterocycles. The molecule has 2 aromatic carbocycles. The lowest BCUT2D eigenvalue weighted by atomic mass is 9.75. The van der Waals surface area contributed by atoms with E-state index in [0.717, 1.165) is 65.7 Å². The Kier molecular flexibility index (Phi) is 5.28. The molecule has 2 heterocycles. The van der Waals surface area contributed by atoms with Gasteiger partial charge in [0.05, 0.1) is 6.20 Å². The van der Waals surface area contributed by atoms with Gasteiger partial charge < -0.3 is 10.2 Å². The van der Waals surface area contributed by atoms with E-state index in [2.05, 4.69) is 45.5 Å². The third-order valence-electron chi connectivity index (χ3n) is 7.96. The van der Waals surface area contributed by atoms with Crippen molar-refractivity contribution >= 4 is 22.5 Å². The molecule has 1 aliphatic heterocycles. The van der Waals surface area contributed by atoms with Crippen LogP contribution in [0.15, 0.2) is 42.6 Å². The number of aryl methyl sites for hydroxylation is 1. The molecule has 0 bridgehead atoms. The Morgan fingerprint density at radius 3 is 2.70 bits per heavy atom. The minimum Gasteiger partial charge on any atom is -0.354 e. The molecule has 5 nitrogen and oxygen atoms in total. The highest BCUT2D eigenvalue weighted by Gasteiger charge is 2.32. The molecule has 33 heavy (non-hydrogen) atoms. The molecule has 0 spiro atoms. The highest BCUT2D eigenvalue weighted by Crippen LogP contribution is 2.39. The maximum Gasteiger partial charge on any atom is 0.251 e. The first kappa shape index (κ1) is 20.6. The van der Waals surface area contributed by atoms with Crippen LogP contribution in [0.2, 0.25) is 0 Å². The summed E-state index contributed by atoms with van der Waals surface area (Å²) in [5, 5.41) is 14.3. The van der Waals surface area contributed by atoms with Crippen LogP contribution in [-0.4, -0.2) is 35.2 Å². The van der Waals surface area contributed by atoms with E-state index in [4.69, 9.17) is 0 Å². The topological polar surface area (TPSA) is 58.1 Å². The smallest absolute Gasteiger partial charge is 0.251 e. The van der Waals surface area contributed by atoms with Crippen LogP contribution < -0.4 is 10.2 Å². The molecule has 5 heteroatoms. The molecule has 1 saturated heterocycles. The van der Waals surface area contributed by atoms with Crippen LogP contribution in [0, 0.1) is 18.8 Å². The van der Waals surface area contributed by atoms with E-state index in [-0.39, 0.29) is 5.91 Å². The highest BCUT2D eigenvalue weighted by atomic mass is 16.1. The predicted octanol–water partition coefficient (Wildman–Crippen LogP) is 5.51. The van der Waals surface area contributed by atoms with Crippen LogP contribution in [-0.2, 0) is 0 Å². The number of amides is 1. The number of anilines is 1. The van der Waals surface area contributed by atoms with Gasteiger partial charge in [0.15, 0.2) is 5.82 Å². The first-order valence-electron chi connectivity index (χ1n) is 12.6. The molecule has 6 rings (SSSR count). The van der Waals surface area contributed by atoms with E-state index in [0.29, 0.717) is 6.04 Å². The van der Waals surface area contributed by atoms with Crippen molar-refractivity contribution in [3.8, 4) is 11.1 Å². The Hall–Kier alpha value is -2.95. The van der Waals surface area contributed by atoms with Crippen molar-refractivity contribution in [2.45, 2.75) is 57.9 Å². The Bertz CT molecular complexity index is 1200. The zero-order valence-corrected chi connectivity index (χ0v) is 19.4. The van der Waals surface area contributed by atoms with Crippen molar-refractivity contribution in [2.75, 3.05) is 18.0 Å². The van der Waals surface area contributed by atoms with Crippen molar-refractivity contribution in [2.24, 2.45) is 11.8 Å². The molecule has 0 radical (unpaired) electrons. The zero-order chi connectivity index (χ0) is 22.4. The average molecular weight is 441 g/mol. The van der Waals surface area contributed by atoms with Gasteiger partial charge >= 0.3 is 0 Å². The largest absolute Gasteiger partial charge is 0.354 e. The van der Waals surface area contributed by atoms with Gasteiger partial charge in [0.1, 0.15) is 0 Å². The van der Waals surface area contributed by atoms with Crippen molar-refractivity contribution < 1.29 is 4.79 Å². The summed E-state index contributed by atoms with van der Waals surface area (Å²) in [6, 6.07) is 12.9. The van der Waals surface area contributed by atoms with Gasteiger partial charge in [-0.15, -0.1) is 5.10 Å². The van der Waals surface area contributed by atoms with Gasteiger partial charge in [0.25, 0.3) is 5.91 Å². The summed E-state index contributed by atoms with van der Waals surface area (Å²) in [7, 11) is 0. The summed E-state index contributed by atoms with van der Waals surface area (Å²) < 4.78 is 0. The van der Waals surface area contributed by atoms with Crippen LogP contribution in [0.1, 0.15) is 60.9 Å². The average Bonchev–Trinajstić information content (AvgIpc) is 3.67. The van der Waals surface area contributed by atoms with Crippen LogP contribution >= 0.6 is 0 Å². The van der Waals surface area contributed by atoms with Gasteiger partial charge in [0, 0.05) is 35.5 Å². The number of aromatic nitrogens is 2. The summed E-state index contributed by atoms with van der Waals surface area (Å²) in [4.78, 5) is 15.1. The summed E-state index contributed by atoms with van der Waals surface area (Å²) in [6.45, 7) is 4.29. The second kappa shape index (κ2) is 8.44. The van der Waals surface area contributed by atoms with Crippen molar-refractivity contribution in [1.82, 2.24) is 15.5 Å². The maximum atomic E-state index is 12.6. The Balaban J connectivity index is 1.31. The van der Waals surface area contributed by atoms with E-state index in [1.807, 2.05) is 24.4 Å². The Morgan fingerprint density at radius 1 is 1.00 bits per heavy atom. The van der Waals surface area contributed by atoms with E-state index in [1.165, 1.54) is 43.1 Å². The molecule has 2 aliphatic carbocycles. The number of benzene rings is 2. The summed E-state index contributed by atoms with van der Waals surface area (Å²) in [6.07, 6.45) is 10.9. The SMILES string of the molecule is Cc1ccc(C(=O)NC2CC2)cc1-c1ccc2c(N3CC[C@H]4CCCC[C@@H]4C3)nncc2c1. The standard InChI is InChI=1S/C28H32N4O/c1-18-6-7-21(28(33)30-24-9-10-24)15-26(18)20-8-11-25-23(14-20)16-29-31-27(25)32-13-12-19-4-2-3-5-22(19)17-32/h6-8,11,14-16,19,22,24H,2-5,9-10,12-13,17H2,1H3,(H,30,33)/t19-,22-/m1/s1. The van der Waals surface area contributed by atoms with Gasteiger partial charge in [-0.2, -0.15) is 5.10 Å². The van der Waals surface area contributed by atoms with Gasteiger partial charge in [-0.3, -0.25) is 4.79 Å². The number of hydrogen-bond donors (Lipinski definition) is 1. The predicted molar refractivity (Wildman–Crippen MR) is 132 cm³/mol. The molecule has 170 valence electrons. The monoisotopic (exact) mass is 440 g/mol. The Labute approximate surface area is 195 Å². The molecule has 3 aliphatic rings. The normalized spacial score (nSPS) is 22.8. The van der Waals surface area contributed by atoms with Gasteiger partial charge in [-0.1, -0.05) is 31.4 Å². The lowest BCUT2D eigenvalue weighted by molar-refractivity contribution is 0.0951. The maximum absolute atomic E-state index is 12.6. The third kappa shape index (κ3) is 4.09. The first-order valence-corrected chi connectivity index (χ1v) is 12.6. The first-order chi connectivity index (χ1) is 16.2. The summed E-state index contributed by atoms with van der Waals surface area (Å²) in [5.41, 5.74) is 4.11. The second-order valence-corrected chi connectivity index (χ2v) is 10.3. The zero-order valence-electron chi connectivity index (χ0n) is 19.4. The number of nitrogens with one attached hydrogen (secondary N) is 1. The highest BCUT2D eigenvalue weighted by molar-refractivity contribution is 5.98. The molecule has 2 saturated carbocycles. The van der Waals surface area contributed by atoms with E-state index >= 15 is 0 Å². The second-order valence-electron chi connectivity index (χ2n) is 10.3. The van der Waals surface area contributed by atoms with Gasteiger partial charge in [0.2, 0.25) is 0 Å². The van der Waals surface area contributed by atoms with Crippen LogP contribution in [0.3, 0.4) is 0 Å². The van der Waals surface area contributed by atoms with Crippen molar-refractivity contribution in [3.63, 3.8) is 0 Å².